The average molecular weight is 1100 g/mol. The summed E-state index contributed by atoms with van der Waals surface area (Å²) in [7, 11) is 0. The minimum Gasteiger partial charge on any atom is -0.309 e. The summed E-state index contributed by atoms with van der Waals surface area (Å²) in [5, 5.41) is 21.6. The molecule has 0 aliphatic rings. The van der Waals surface area contributed by atoms with Gasteiger partial charge in [-0.1, -0.05) is 72.8 Å². The van der Waals surface area contributed by atoms with Crippen molar-refractivity contribution in [1.29, 1.82) is 10.5 Å². The number of halogens is 15. The van der Waals surface area contributed by atoms with Crippen LogP contribution in [0.15, 0.2) is 176 Å². The number of hydrogen-bond acceptors (Lipinski definition) is 2. The highest BCUT2D eigenvalue weighted by Gasteiger charge is 2.41. The van der Waals surface area contributed by atoms with Crippen molar-refractivity contribution < 1.29 is 65.9 Å². The van der Waals surface area contributed by atoms with E-state index in [1.165, 1.54) is 72.8 Å². The topological polar surface area (TPSA) is 57.4 Å². The predicted octanol–water partition coefficient (Wildman–Crippen LogP) is 19.4. The Labute approximate surface area is 441 Å². The standard InChI is InChI=1S/C61H29F15N4/c62-57(63,64)37-14-17-40(49(28-37)60(71,72)73)34-11-20-54-45(25-34)42-5-1-3-7-51(42)79(54)53-19-10-32(30-77)23-44(53)47-27-36(39-16-9-33(31-78)24-48(39)59(68,69)70)13-22-56(47)80-52-8-4-2-6-43(52)46-26-35(12-21-55(46)80)41-18-15-38(58(65,66)67)29-50(41)61(74,75)76/h1-29H. The van der Waals surface area contributed by atoms with E-state index in [1.54, 1.807) is 69.8 Å². The van der Waals surface area contributed by atoms with Gasteiger partial charge in [0, 0.05) is 32.7 Å². The van der Waals surface area contributed by atoms with Gasteiger partial charge in [0.05, 0.1) is 84.5 Å². The first-order chi connectivity index (χ1) is 37.7. The van der Waals surface area contributed by atoms with Crippen molar-refractivity contribution in [2.24, 2.45) is 0 Å². The molecule has 0 atom stereocenters. The lowest BCUT2D eigenvalue weighted by Gasteiger charge is -2.21. The maximum Gasteiger partial charge on any atom is 0.417 e. The monoisotopic (exact) mass is 1100 g/mol. The van der Waals surface area contributed by atoms with Crippen LogP contribution in [0.5, 0.6) is 0 Å². The maximum absolute atomic E-state index is 15.0. The fourth-order valence-electron chi connectivity index (χ4n) is 10.4. The molecule has 2 aromatic heterocycles. The van der Waals surface area contributed by atoms with Gasteiger partial charge in [0.2, 0.25) is 0 Å². The molecule has 19 heteroatoms. The van der Waals surface area contributed by atoms with Gasteiger partial charge in [-0.25, -0.2) is 0 Å². The number of fused-ring (bicyclic) bond motifs is 6. The Morgan fingerprint density at radius 1 is 0.287 bits per heavy atom. The summed E-state index contributed by atoms with van der Waals surface area (Å²) in [4.78, 5) is 0. The molecule has 0 aliphatic heterocycles. The molecule has 398 valence electrons. The summed E-state index contributed by atoms with van der Waals surface area (Å²) in [5.41, 5.74) is -7.01. The van der Waals surface area contributed by atoms with Gasteiger partial charge >= 0.3 is 30.9 Å². The number of hydrogen-bond donors (Lipinski definition) is 0. The first-order valence-corrected chi connectivity index (χ1v) is 23.7. The van der Waals surface area contributed by atoms with Crippen molar-refractivity contribution in [3.63, 3.8) is 0 Å². The summed E-state index contributed by atoms with van der Waals surface area (Å²) in [5.74, 6) is 0. The zero-order chi connectivity index (χ0) is 57.0. The Bertz CT molecular complexity index is 4440. The molecule has 4 nitrogen and oxygen atoms in total. The van der Waals surface area contributed by atoms with Crippen LogP contribution in [-0.2, 0) is 30.9 Å². The average Bonchev–Trinajstić information content (AvgIpc) is 3.98. The number of nitriles is 2. The molecule has 11 rings (SSSR count). The van der Waals surface area contributed by atoms with Crippen LogP contribution in [0.3, 0.4) is 0 Å². The Hall–Kier alpha value is -9.49. The lowest BCUT2D eigenvalue weighted by atomic mass is 9.92. The van der Waals surface area contributed by atoms with Crippen molar-refractivity contribution in [3.8, 4) is 68.0 Å². The largest absolute Gasteiger partial charge is 0.417 e. The summed E-state index contributed by atoms with van der Waals surface area (Å²) in [6, 6.07) is 39.6. The van der Waals surface area contributed by atoms with E-state index in [2.05, 4.69) is 6.07 Å². The van der Waals surface area contributed by atoms with Crippen LogP contribution in [0.25, 0.3) is 99.5 Å². The van der Waals surface area contributed by atoms with E-state index in [-0.39, 0.29) is 68.0 Å². The number of nitrogens with zero attached hydrogens (tertiary/aromatic N) is 4. The minimum absolute atomic E-state index is 0.0285. The molecule has 0 saturated heterocycles. The van der Waals surface area contributed by atoms with Crippen LogP contribution >= 0.6 is 0 Å². The summed E-state index contributed by atoms with van der Waals surface area (Å²) >= 11 is 0. The van der Waals surface area contributed by atoms with Gasteiger partial charge in [-0.3, -0.25) is 0 Å². The molecule has 0 saturated carbocycles. The molecular weight excluding hydrogens is 1070 g/mol. The Kier molecular flexibility index (Phi) is 12.2. The quantitative estimate of drug-likeness (QED) is 0.156. The molecular formula is C61H29F15N4. The van der Waals surface area contributed by atoms with Crippen molar-refractivity contribution in [2.45, 2.75) is 30.9 Å². The Balaban J connectivity index is 1.20. The van der Waals surface area contributed by atoms with Gasteiger partial charge in [-0.15, -0.1) is 0 Å². The Morgan fingerprint density at radius 3 is 1.07 bits per heavy atom. The second-order valence-corrected chi connectivity index (χ2v) is 18.6. The molecule has 0 unspecified atom stereocenters. The first kappa shape index (κ1) is 52.6. The smallest absolute Gasteiger partial charge is 0.309 e. The first-order valence-electron chi connectivity index (χ1n) is 23.7. The third kappa shape index (κ3) is 9.07. The second kappa shape index (κ2) is 18.6. The number of para-hydroxylation sites is 2. The van der Waals surface area contributed by atoms with Gasteiger partial charge < -0.3 is 9.13 Å². The maximum atomic E-state index is 15.0. The highest BCUT2D eigenvalue weighted by atomic mass is 19.4. The Morgan fingerprint density at radius 2 is 0.637 bits per heavy atom. The third-order valence-electron chi connectivity index (χ3n) is 13.9. The summed E-state index contributed by atoms with van der Waals surface area (Å²) in [6.45, 7) is 0. The SMILES string of the molecule is N#Cc1ccc(-n2c3ccccc3c3cc(-c4ccc(C(F)(F)F)cc4C(F)(F)F)ccc32)c(-c2cc(-c3ccc(C#N)cc3C(F)(F)F)ccc2-n2c3ccccc3c3cc(-c4ccc(C(F)(F)F)cc4C(F)(F)F)ccc32)c1. The van der Waals surface area contributed by atoms with Crippen LogP contribution in [0.1, 0.15) is 38.9 Å². The zero-order valence-electron chi connectivity index (χ0n) is 40.2. The highest BCUT2D eigenvalue weighted by molar-refractivity contribution is 6.13. The lowest BCUT2D eigenvalue weighted by Crippen LogP contribution is -2.12. The molecule has 0 fully saturated rings. The molecule has 11 aromatic rings. The van der Waals surface area contributed by atoms with E-state index in [1.807, 2.05) is 0 Å². The van der Waals surface area contributed by atoms with E-state index in [9.17, 15) is 63.2 Å². The molecule has 0 amide bonds. The third-order valence-corrected chi connectivity index (χ3v) is 13.9. The normalized spacial score (nSPS) is 12.7. The molecule has 0 N–H and O–H groups in total. The molecule has 0 spiro atoms. The number of aromatic nitrogens is 2. The summed E-state index contributed by atoms with van der Waals surface area (Å²) < 4.78 is 218. The van der Waals surface area contributed by atoms with E-state index in [0.717, 1.165) is 18.2 Å². The molecule has 0 aliphatic carbocycles. The fourth-order valence-corrected chi connectivity index (χ4v) is 10.4. The molecule has 9 aromatic carbocycles. The van der Waals surface area contributed by atoms with Crippen LogP contribution in [0, 0.1) is 22.7 Å². The lowest BCUT2D eigenvalue weighted by molar-refractivity contribution is -0.144. The minimum atomic E-state index is -5.23. The van der Waals surface area contributed by atoms with Crippen LogP contribution in [0.2, 0.25) is 0 Å². The van der Waals surface area contributed by atoms with Gasteiger partial charge in [0.25, 0.3) is 0 Å². The number of rotatable bonds is 6. The number of benzene rings is 9. The van der Waals surface area contributed by atoms with Gasteiger partial charge in [-0.2, -0.15) is 76.4 Å². The van der Waals surface area contributed by atoms with E-state index >= 15 is 13.2 Å². The van der Waals surface area contributed by atoms with Crippen LogP contribution in [0.4, 0.5) is 65.9 Å². The van der Waals surface area contributed by atoms with Crippen molar-refractivity contribution in [3.05, 3.63) is 215 Å². The van der Waals surface area contributed by atoms with E-state index in [4.69, 9.17) is 0 Å². The van der Waals surface area contributed by atoms with Crippen molar-refractivity contribution >= 4 is 43.6 Å². The van der Waals surface area contributed by atoms with Crippen molar-refractivity contribution in [2.75, 3.05) is 0 Å². The predicted molar refractivity (Wildman–Crippen MR) is 271 cm³/mol. The number of alkyl halides is 15. The van der Waals surface area contributed by atoms with Gasteiger partial charge in [0.1, 0.15) is 0 Å². The molecule has 2 heterocycles. The van der Waals surface area contributed by atoms with Crippen LogP contribution < -0.4 is 0 Å². The second-order valence-electron chi connectivity index (χ2n) is 18.6. The molecule has 0 bridgehead atoms. The molecule has 0 radical (unpaired) electrons. The zero-order valence-corrected chi connectivity index (χ0v) is 40.2. The van der Waals surface area contributed by atoms with Gasteiger partial charge in [0.15, 0.2) is 0 Å². The van der Waals surface area contributed by atoms with Crippen LogP contribution in [-0.4, -0.2) is 9.13 Å². The molecule has 80 heavy (non-hydrogen) atoms. The van der Waals surface area contributed by atoms with Crippen molar-refractivity contribution in [1.82, 2.24) is 9.13 Å². The highest BCUT2D eigenvalue weighted by Crippen LogP contribution is 2.48. The van der Waals surface area contributed by atoms with E-state index in [0.29, 0.717) is 61.8 Å². The van der Waals surface area contributed by atoms with Gasteiger partial charge in [-0.05, 0) is 137 Å². The van der Waals surface area contributed by atoms with E-state index < -0.39 is 69.8 Å². The fraction of sp³-hybridized carbons (Fsp3) is 0.0820. The summed E-state index contributed by atoms with van der Waals surface area (Å²) in [6.07, 6.45) is -25.6.